The van der Waals surface area contributed by atoms with Crippen LogP contribution in [0.4, 0.5) is 0 Å². The number of hydrogen-bond acceptors (Lipinski definition) is 4. The number of para-hydroxylation sites is 1. The lowest BCUT2D eigenvalue weighted by Gasteiger charge is -2.26. The number of ether oxygens (including phenoxy) is 1. The molecule has 2 unspecified atom stereocenters. The predicted molar refractivity (Wildman–Crippen MR) is 74.3 cm³/mol. The summed E-state index contributed by atoms with van der Waals surface area (Å²) in [6, 6.07) is 5.51. The van der Waals surface area contributed by atoms with Gasteiger partial charge in [0.05, 0.1) is 13.2 Å². The monoisotopic (exact) mass is 265 g/mol. The van der Waals surface area contributed by atoms with Crippen LogP contribution in [-0.4, -0.2) is 30.0 Å². The number of aliphatic hydroxyl groups excluding tert-OH is 1. The highest BCUT2D eigenvalue weighted by molar-refractivity contribution is 5.45. The van der Waals surface area contributed by atoms with Gasteiger partial charge in [0.15, 0.2) is 11.5 Å². The molecule has 106 valence electrons. The van der Waals surface area contributed by atoms with Gasteiger partial charge in [-0.15, -0.1) is 0 Å². The van der Waals surface area contributed by atoms with Crippen LogP contribution in [0.3, 0.4) is 0 Å². The molecule has 0 aromatic heterocycles. The zero-order chi connectivity index (χ0) is 13.7. The van der Waals surface area contributed by atoms with Crippen LogP contribution in [0.15, 0.2) is 18.2 Å². The maximum absolute atomic E-state index is 9.96. The quantitative estimate of drug-likeness (QED) is 0.762. The fraction of sp³-hybridized carbons (Fsp3) is 0.600. The Hall–Kier alpha value is -1.26. The molecule has 1 aliphatic rings. The van der Waals surface area contributed by atoms with Crippen LogP contribution < -0.4 is 10.1 Å². The highest BCUT2D eigenvalue weighted by Gasteiger charge is 2.19. The van der Waals surface area contributed by atoms with Gasteiger partial charge in [-0.25, -0.2) is 0 Å². The summed E-state index contributed by atoms with van der Waals surface area (Å²) in [5.74, 6) is 1.25. The number of methoxy groups -OCH3 is 1. The van der Waals surface area contributed by atoms with E-state index in [1.807, 2.05) is 12.1 Å². The van der Waals surface area contributed by atoms with Gasteiger partial charge in [0, 0.05) is 12.1 Å². The van der Waals surface area contributed by atoms with E-state index >= 15 is 0 Å². The van der Waals surface area contributed by atoms with Gasteiger partial charge in [0.25, 0.3) is 0 Å². The average Bonchev–Trinajstić information content (AvgIpc) is 2.41. The van der Waals surface area contributed by atoms with Crippen molar-refractivity contribution in [3.63, 3.8) is 0 Å². The summed E-state index contributed by atoms with van der Waals surface area (Å²) in [7, 11) is 1.55. The van der Waals surface area contributed by atoms with E-state index in [0.717, 1.165) is 31.4 Å². The molecule has 1 aliphatic carbocycles. The summed E-state index contributed by atoms with van der Waals surface area (Å²) >= 11 is 0. The third-order valence-electron chi connectivity index (χ3n) is 3.81. The summed E-state index contributed by atoms with van der Waals surface area (Å²) in [4.78, 5) is 0. The Kier molecular flexibility index (Phi) is 5.05. The zero-order valence-electron chi connectivity index (χ0n) is 11.4. The van der Waals surface area contributed by atoms with Crippen molar-refractivity contribution in [1.29, 1.82) is 0 Å². The molecule has 1 saturated carbocycles. The Morgan fingerprint density at radius 2 is 2.21 bits per heavy atom. The summed E-state index contributed by atoms with van der Waals surface area (Å²) in [6.45, 7) is 1.50. The summed E-state index contributed by atoms with van der Waals surface area (Å²) in [5, 5.41) is 22.9. The highest BCUT2D eigenvalue weighted by Crippen LogP contribution is 2.29. The number of aromatic hydroxyl groups is 1. The number of phenols is 1. The Bertz CT molecular complexity index is 408. The summed E-state index contributed by atoms with van der Waals surface area (Å²) in [6.07, 6.45) is 3.97. The number of rotatable bonds is 5. The molecule has 0 bridgehead atoms. The van der Waals surface area contributed by atoms with Crippen molar-refractivity contribution >= 4 is 0 Å². The second-order valence-electron chi connectivity index (χ2n) is 5.29. The molecule has 0 radical (unpaired) electrons. The molecule has 0 heterocycles. The minimum absolute atomic E-state index is 0.134. The van der Waals surface area contributed by atoms with Gasteiger partial charge >= 0.3 is 0 Å². The van der Waals surface area contributed by atoms with Crippen LogP contribution in [0, 0.1) is 5.92 Å². The van der Waals surface area contributed by atoms with Gasteiger partial charge < -0.3 is 20.3 Å². The van der Waals surface area contributed by atoms with E-state index in [1.165, 1.54) is 6.42 Å². The van der Waals surface area contributed by atoms with Crippen LogP contribution in [0.2, 0.25) is 0 Å². The van der Waals surface area contributed by atoms with Gasteiger partial charge in [-0.05, 0) is 37.8 Å². The van der Waals surface area contributed by atoms with Crippen LogP contribution >= 0.6 is 0 Å². The maximum Gasteiger partial charge on any atom is 0.162 e. The lowest BCUT2D eigenvalue weighted by Crippen LogP contribution is -2.28. The number of aliphatic hydroxyl groups is 1. The topological polar surface area (TPSA) is 61.7 Å². The van der Waals surface area contributed by atoms with Crippen molar-refractivity contribution in [3.05, 3.63) is 23.8 Å². The molecule has 0 aliphatic heterocycles. The molecule has 2 rings (SSSR count). The van der Waals surface area contributed by atoms with Crippen molar-refractivity contribution in [2.45, 2.75) is 38.3 Å². The predicted octanol–water partition coefficient (Wildman–Crippen LogP) is 2.04. The van der Waals surface area contributed by atoms with Crippen LogP contribution in [0.5, 0.6) is 11.5 Å². The summed E-state index contributed by atoms with van der Waals surface area (Å²) < 4.78 is 5.09. The first-order valence-electron chi connectivity index (χ1n) is 6.94. The standard InChI is InChI=1S/C15H23NO3/c1-19-14-7-3-5-12(15(14)18)10-16-9-11-4-2-6-13(17)8-11/h3,5,7,11,13,16-18H,2,4,6,8-10H2,1H3. The number of hydrogen-bond donors (Lipinski definition) is 3. The van der Waals surface area contributed by atoms with Gasteiger partial charge in [-0.1, -0.05) is 18.6 Å². The molecule has 0 amide bonds. The molecule has 2 atom stereocenters. The molecule has 4 nitrogen and oxygen atoms in total. The first-order chi connectivity index (χ1) is 9.20. The van der Waals surface area contributed by atoms with Crippen molar-refractivity contribution in [3.8, 4) is 11.5 Å². The fourth-order valence-electron chi connectivity index (χ4n) is 2.73. The minimum atomic E-state index is -0.134. The Morgan fingerprint density at radius 3 is 2.95 bits per heavy atom. The Labute approximate surface area is 114 Å². The van der Waals surface area contributed by atoms with Crippen LogP contribution in [-0.2, 0) is 6.54 Å². The van der Waals surface area contributed by atoms with E-state index < -0.39 is 0 Å². The number of nitrogens with one attached hydrogen (secondary N) is 1. The number of phenolic OH excluding ortho intramolecular Hbond substituents is 1. The molecule has 0 saturated heterocycles. The second kappa shape index (κ2) is 6.78. The van der Waals surface area contributed by atoms with Gasteiger partial charge in [-0.2, -0.15) is 0 Å². The van der Waals surface area contributed by atoms with E-state index in [1.54, 1.807) is 13.2 Å². The molecular formula is C15H23NO3. The molecule has 1 aromatic carbocycles. The van der Waals surface area contributed by atoms with Crippen LogP contribution in [0.25, 0.3) is 0 Å². The first-order valence-corrected chi connectivity index (χ1v) is 6.94. The van der Waals surface area contributed by atoms with Gasteiger partial charge in [0.2, 0.25) is 0 Å². The average molecular weight is 265 g/mol. The maximum atomic E-state index is 9.96. The number of benzene rings is 1. The molecular weight excluding hydrogens is 242 g/mol. The van der Waals surface area contributed by atoms with Crippen molar-refractivity contribution in [2.75, 3.05) is 13.7 Å². The largest absolute Gasteiger partial charge is 0.504 e. The molecule has 3 N–H and O–H groups in total. The smallest absolute Gasteiger partial charge is 0.162 e. The molecule has 4 heteroatoms. The fourth-order valence-corrected chi connectivity index (χ4v) is 2.73. The van der Waals surface area contributed by atoms with Crippen molar-refractivity contribution in [2.24, 2.45) is 5.92 Å². The highest BCUT2D eigenvalue weighted by atomic mass is 16.5. The SMILES string of the molecule is COc1cccc(CNCC2CCCC(O)C2)c1O. The molecule has 1 fully saturated rings. The van der Waals surface area contributed by atoms with E-state index in [9.17, 15) is 10.2 Å². The molecule has 19 heavy (non-hydrogen) atoms. The van der Waals surface area contributed by atoms with Crippen LogP contribution in [0.1, 0.15) is 31.2 Å². The van der Waals surface area contributed by atoms with Gasteiger partial charge in [0.1, 0.15) is 0 Å². The Balaban J connectivity index is 1.82. The summed E-state index contributed by atoms with van der Waals surface area (Å²) in [5.41, 5.74) is 0.843. The third kappa shape index (κ3) is 3.85. The van der Waals surface area contributed by atoms with Gasteiger partial charge in [-0.3, -0.25) is 0 Å². The first kappa shape index (κ1) is 14.2. The van der Waals surface area contributed by atoms with E-state index in [4.69, 9.17) is 4.74 Å². The molecule has 0 spiro atoms. The minimum Gasteiger partial charge on any atom is -0.504 e. The lowest BCUT2D eigenvalue weighted by atomic mass is 9.87. The lowest BCUT2D eigenvalue weighted by molar-refractivity contribution is 0.101. The van der Waals surface area contributed by atoms with E-state index in [0.29, 0.717) is 18.2 Å². The Morgan fingerprint density at radius 1 is 1.37 bits per heavy atom. The van der Waals surface area contributed by atoms with E-state index in [-0.39, 0.29) is 11.9 Å². The van der Waals surface area contributed by atoms with Crippen molar-refractivity contribution in [1.82, 2.24) is 5.32 Å². The normalized spacial score (nSPS) is 23.3. The van der Waals surface area contributed by atoms with E-state index in [2.05, 4.69) is 5.32 Å². The molecule has 1 aromatic rings. The second-order valence-corrected chi connectivity index (χ2v) is 5.29. The third-order valence-corrected chi connectivity index (χ3v) is 3.81. The zero-order valence-corrected chi connectivity index (χ0v) is 11.4. The van der Waals surface area contributed by atoms with Crippen molar-refractivity contribution < 1.29 is 14.9 Å².